The minimum atomic E-state index is -0.188. The SMILES string of the molecule is COc1ccc(C2CC(=O)Nc3c2c(C)nn3-c2ncccn2)c(OC)c1. The van der Waals surface area contributed by atoms with Crippen LogP contribution in [0.5, 0.6) is 11.5 Å². The highest BCUT2D eigenvalue weighted by Gasteiger charge is 2.34. The van der Waals surface area contributed by atoms with Gasteiger partial charge in [0.05, 0.1) is 19.9 Å². The summed E-state index contributed by atoms with van der Waals surface area (Å²) in [5, 5.41) is 7.50. The van der Waals surface area contributed by atoms with E-state index < -0.39 is 0 Å². The van der Waals surface area contributed by atoms with E-state index in [9.17, 15) is 4.79 Å². The van der Waals surface area contributed by atoms with Gasteiger partial charge in [0, 0.05) is 41.9 Å². The van der Waals surface area contributed by atoms with Gasteiger partial charge in [-0.2, -0.15) is 9.78 Å². The van der Waals surface area contributed by atoms with Crippen LogP contribution >= 0.6 is 0 Å². The normalized spacial score (nSPS) is 15.8. The number of rotatable bonds is 4. The van der Waals surface area contributed by atoms with Crippen LogP contribution in [0.1, 0.15) is 29.2 Å². The average molecular weight is 365 g/mol. The molecule has 3 heterocycles. The third kappa shape index (κ3) is 2.88. The summed E-state index contributed by atoms with van der Waals surface area (Å²) in [5.74, 6) is 2.08. The van der Waals surface area contributed by atoms with Gasteiger partial charge in [-0.3, -0.25) is 4.79 Å². The highest BCUT2D eigenvalue weighted by Crippen LogP contribution is 2.43. The van der Waals surface area contributed by atoms with Crippen molar-refractivity contribution in [3.05, 3.63) is 53.5 Å². The molecule has 1 N–H and O–H groups in total. The molecule has 0 fully saturated rings. The lowest BCUT2D eigenvalue weighted by Gasteiger charge is -2.25. The molecule has 1 unspecified atom stereocenters. The lowest BCUT2D eigenvalue weighted by molar-refractivity contribution is -0.116. The van der Waals surface area contributed by atoms with Crippen LogP contribution in [0.2, 0.25) is 0 Å². The lowest BCUT2D eigenvalue weighted by Crippen LogP contribution is -2.25. The minimum absolute atomic E-state index is 0.0950. The van der Waals surface area contributed by atoms with Gasteiger partial charge in [0.2, 0.25) is 5.91 Å². The zero-order valence-corrected chi connectivity index (χ0v) is 15.3. The molecule has 0 aliphatic carbocycles. The second kappa shape index (κ2) is 6.71. The number of anilines is 1. The molecule has 3 aromatic rings. The highest BCUT2D eigenvalue weighted by molar-refractivity contribution is 5.95. The maximum absolute atomic E-state index is 12.5. The van der Waals surface area contributed by atoms with E-state index in [0.29, 0.717) is 29.7 Å². The predicted molar refractivity (Wildman–Crippen MR) is 98.5 cm³/mol. The number of hydrogen-bond acceptors (Lipinski definition) is 6. The Morgan fingerprint density at radius 1 is 1.19 bits per heavy atom. The van der Waals surface area contributed by atoms with Crippen molar-refractivity contribution in [1.29, 1.82) is 0 Å². The van der Waals surface area contributed by atoms with Gasteiger partial charge in [-0.05, 0) is 19.1 Å². The van der Waals surface area contributed by atoms with Crippen LogP contribution in [-0.4, -0.2) is 39.9 Å². The van der Waals surface area contributed by atoms with Crippen molar-refractivity contribution >= 4 is 11.7 Å². The molecule has 1 aliphatic rings. The molecule has 2 aromatic heterocycles. The number of carbonyl (C=O) groups excluding carboxylic acids is 1. The summed E-state index contributed by atoms with van der Waals surface area (Å²) >= 11 is 0. The van der Waals surface area contributed by atoms with E-state index in [0.717, 1.165) is 16.8 Å². The molecule has 4 rings (SSSR count). The summed E-state index contributed by atoms with van der Waals surface area (Å²) in [7, 11) is 3.21. The molecular weight excluding hydrogens is 346 g/mol. The number of nitrogens with one attached hydrogen (secondary N) is 1. The standard InChI is InChI=1S/C19H19N5O3/c1-11-17-14(13-6-5-12(26-2)9-15(13)27-3)10-16(25)22-18(17)24(23-11)19-20-7-4-8-21-19/h4-9,14H,10H2,1-3H3,(H,22,25). The third-order valence-electron chi connectivity index (χ3n) is 4.66. The van der Waals surface area contributed by atoms with Crippen LogP contribution in [0.15, 0.2) is 36.7 Å². The third-order valence-corrected chi connectivity index (χ3v) is 4.66. The van der Waals surface area contributed by atoms with Crippen molar-refractivity contribution in [2.24, 2.45) is 0 Å². The minimum Gasteiger partial charge on any atom is -0.497 e. The number of fused-ring (bicyclic) bond motifs is 1. The van der Waals surface area contributed by atoms with Crippen LogP contribution in [0.3, 0.4) is 0 Å². The number of benzene rings is 1. The molecule has 1 atom stereocenters. The van der Waals surface area contributed by atoms with Crippen LogP contribution in [0.25, 0.3) is 5.95 Å². The fourth-order valence-electron chi connectivity index (χ4n) is 3.46. The monoisotopic (exact) mass is 365 g/mol. The molecule has 27 heavy (non-hydrogen) atoms. The number of hydrogen-bond donors (Lipinski definition) is 1. The smallest absolute Gasteiger partial charge is 0.252 e. The second-order valence-electron chi connectivity index (χ2n) is 6.22. The van der Waals surface area contributed by atoms with Crippen molar-refractivity contribution in [1.82, 2.24) is 19.7 Å². The van der Waals surface area contributed by atoms with Crippen molar-refractivity contribution in [2.75, 3.05) is 19.5 Å². The summed E-state index contributed by atoms with van der Waals surface area (Å²) in [6.07, 6.45) is 3.58. The first-order chi connectivity index (χ1) is 13.1. The summed E-state index contributed by atoms with van der Waals surface area (Å²) in [6.45, 7) is 1.92. The molecule has 1 amide bonds. The lowest BCUT2D eigenvalue weighted by atomic mass is 9.85. The number of carbonyl (C=O) groups is 1. The Morgan fingerprint density at radius 3 is 2.67 bits per heavy atom. The Bertz CT molecular complexity index is 1000. The molecule has 0 saturated carbocycles. The molecule has 0 spiro atoms. The van der Waals surface area contributed by atoms with Gasteiger partial charge in [0.1, 0.15) is 17.3 Å². The Labute approximate surface area is 156 Å². The van der Waals surface area contributed by atoms with Crippen molar-refractivity contribution in [2.45, 2.75) is 19.3 Å². The predicted octanol–water partition coefficient (Wildman–Crippen LogP) is 2.46. The second-order valence-corrected chi connectivity index (χ2v) is 6.22. The molecule has 138 valence electrons. The van der Waals surface area contributed by atoms with E-state index in [1.807, 2.05) is 25.1 Å². The summed E-state index contributed by atoms with van der Waals surface area (Å²) in [5.41, 5.74) is 2.65. The summed E-state index contributed by atoms with van der Waals surface area (Å²) in [4.78, 5) is 21.0. The molecule has 0 radical (unpaired) electrons. The molecule has 8 heteroatoms. The van der Waals surface area contributed by atoms with Crippen LogP contribution in [0.4, 0.5) is 5.82 Å². The zero-order chi connectivity index (χ0) is 19.0. The van der Waals surface area contributed by atoms with Gasteiger partial charge in [0.25, 0.3) is 5.95 Å². The van der Waals surface area contributed by atoms with E-state index in [1.165, 1.54) is 0 Å². The number of aromatic nitrogens is 4. The van der Waals surface area contributed by atoms with E-state index in [-0.39, 0.29) is 11.8 Å². The van der Waals surface area contributed by atoms with E-state index in [2.05, 4.69) is 20.4 Å². The van der Waals surface area contributed by atoms with Gasteiger partial charge < -0.3 is 14.8 Å². The molecule has 1 aromatic carbocycles. The van der Waals surface area contributed by atoms with Gasteiger partial charge >= 0.3 is 0 Å². The maximum atomic E-state index is 12.5. The van der Waals surface area contributed by atoms with Gasteiger partial charge in [-0.15, -0.1) is 0 Å². The number of methoxy groups -OCH3 is 2. The molecule has 0 saturated heterocycles. The van der Waals surface area contributed by atoms with E-state index in [1.54, 1.807) is 37.4 Å². The van der Waals surface area contributed by atoms with Gasteiger partial charge in [-0.25, -0.2) is 9.97 Å². The van der Waals surface area contributed by atoms with Crippen molar-refractivity contribution in [3.8, 4) is 17.4 Å². The Hall–Kier alpha value is -3.42. The number of amides is 1. The van der Waals surface area contributed by atoms with Crippen LogP contribution < -0.4 is 14.8 Å². The Morgan fingerprint density at radius 2 is 1.96 bits per heavy atom. The first kappa shape index (κ1) is 17.0. The summed E-state index contributed by atoms with van der Waals surface area (Å²) < 4.78 is 12.4. The molecule has 8 nitrogen and oxygen atoms in total. The summed E-state index contributed by atoms with van der Waals surface area (Å²) in [6, 6.07) is 7.35. The molecular formula is C19H19N5O3. The Kier molecular flexibility index (Phi) is 4.23. The largest absolute Gasteiger partial charge is 0.497 e. The average Bonchev–Trinajstić information content (AvgIpc) is 3.03. The fraction of sp³-hybridized carbons (Fsp3) is 0.263. The van der Waals surface area contributed by atoms with Crippen molar-refractivity contribution in [3.63, 3.8) is 0 Å². The molecule has 0 bridgehead atoms. The quantitative estimate of drug-likeness (QED) is 0.764. The van der Waals surface area contributed by atoms with E-state index in [4.69, 9.17) is 9.47 Å². The topological polar surface area (TPSA) is 91.2 Å². The Balaban J connectivity index is 1.88. The van der Waals surface area contributed by atoms with Crippen LogP contribution in [0, 0.1) is 6.92 Å². The zero-order valence-electron chi connectivity index (χ0n) is 15.3. The number of ether oxygens (including phenoxy) is 2. The van der Waals surface area contributed by atoms with Gasteiger partial charge in [0.15, 0.2) is 0 Å². The fourth-order valence-corrected chi connectivity index (χ4v) is 3.46. The van der Waals surface area contributed by atoms with Gasteiger partial charge in [-0.1, -0.05) is 6.07 Å². The van der Waals surface area contributed by atoms with Crippen molar-refractivity contribution < 1.29 is 14.3 Å². The number of aryl methyl sites for hydroxylation is 1. The number of nitrogens with zero attached hydrogens (tertiary/aromatic N) is 4. The highest BCUT2D eigenvalue weighted by atomic mass is 16.5. The first-order valence-corrected chi connectivity index (χ1v) is 8.51. The maximum Gasteiger partial charge on any atom is 0.252 e. The van der Waals surface area contributed by atoms with E-state index >= 15 is 0 Å². The first-order valence-electron chi connectivity index (χ1n) is 8.51. The van der Waals surface area contributed by atoms with Crippen LogP contribution in [-0.2, 0) is 4.79 Å². The molecule has 1 aliphatic heterocycles.